The predicted molar refractivity (Wildman–Crippen MR) is 109 cm³/mol. The van der Waals surface area contributed by atoms with Gasteiger partial charge in [-0.3, -0.25) is 9.69 Å². The average molecular weight is 408 g/mol. The van der Waals surface area contributed by atoms with E-state index in [0.717, 1.165) is 24.3 Å². The first kappa shape index (κ1) is 20.9. The van der Waals surface area contributed by atoms with Gasteiger partial charge in [0.05, 0.1) is 6.54 Å². The van der Waals surface area contributed by atoms with Crippen LogP contribution in [0.25, 0.3) is 0 Å². The third-order valence-electron chi connectivity index (χ3n) is 5.30. The number of hydrogen-bond acceptors (Lipinski definition) is 4. The number of hydrogen-bond donors (Lipinski definition) is 1. The van der Waals surface area contributed by atoms with Gasteiger partial charge in [0, 0.05) is 36.7 Å². The van der Waals surface area contributed by atoms with Crippen LogP contribution in [-0.4, -0.2) is 65.7 Å². The van der Waals surface area contributed by atoms with E-state index in [2.05, 4.69) is 10.2 Å². The second kappa shape index (κ2) is 8.70. The number of likely N-dealkylation sites (tertiary alicyclic amines) is 1. The third-order valence-corrected chi connectivity index (χ3v) is 5.55. The highest BCUT2D eigenvalue weighted by atomic mass is 35.5. The Hall–Kier alpha value is -1.79. The van der Waals surface area contributed by atoms with E-state index >= 15 is 0 Å². The lowest BCUT2D eigenvalue weighted by Crippen LogP contribution is -2.60. The zero-order valence-electron chi connectivity index (χ0n) is 16.9. The van der Waals surface area contributed by atoms with Crippen molar-refractivity contribution >= 4 is 23.6 Å². The van der Waals surface area contributed by atoms with Gasteiger partial charge in [-0.15, -0.1) is 0 Å². The van der Waals surface area contributed by atoms with Gasteiger partial charge >= 0.3 is 6.09 Å². The molecule has 1 aromatic carbocycles. The number of amides is 2. The Morgan fingerprint density at radius 1 is 1.21 bits per heavy atom. The minimum absolute atomic E-state index is 0.0712. The normalized spacial score (nSPS) is 22.1. The fraction of sp³-hybridized carbons (Fsp3) is 0.619. The maximum atomic E-state index is 12.3. The molecule has 0 bridgehead atoms. The molecule has 7 heteroatoms. The summed E-state index contributed by atoms with van der Waals surface area (Å²) in [5.74, 6) is 0.0712. The fourth-order valence-electron chi connectivity index (χ4n) is 3.92. The molecule has 2 saturated heterocycles. The van der Waals surface area contributed by atoms with Crippen LogP contribution in [0, 0.1) is 0 Å². The molecule has 1 unspecified atom stereocenters. The highest BCUT2D eigenvalue weighted by Crippen LogP contribution is 2.24. The third kappa shape index (κ3) is 5.61. The number of rotatable bonds is 3. The molecule has 2 aliphatic heterocycles. The second-order valence-electron chi connectivity index (χ2n) is 8.66. The number of nitrogens with zero attached hydrogens (tertiary/aromatic N) is 2. The van der Waals surface area contributed by atoms with Crippen LogP contribution in [0.1, 0.15) is 39.2 Å². The lowest BCUT2D eigenvalue weighted by molar-refractivity contribution is -0.127. The molecule has 2 aliphatic rings. The molecule has 0 spiro atoms. The van der Waals surface area contributed by atoms with Crippen molar-refractivity contribution in [3.63, 3.8) is 0 Å². The maximum Gasteiger partial charge on any atom is 0.410 e. The number of nitrogens with one attached hydrogen (secondary N) is 1. The van der Waals surface area contributed by atoms with E-state index in [1.165, 1.54) is 5.56 Å². The van der Waals surface area contributed by atoms with E-state index < -0.39 is 5.60 Å². The topological polar surface area (TPSA) is 61.9 Å². The highest BCUT2D eigenvalue weighted by Gasteiger charge is 2.35. The number of carbonyl (C=O) groups is 2. The van der Waals surface area contributed by atoms with Crippen LogP contribution in [0.4, 0.5) is 4.79 Å². The summed E-state index contributed by atoms with van der Waals surface area (Å²) in [4.78, 5) is 28.4. The van der Waals surface area contributed by atoms with E-state index in [1.54, 1.807) is 4.90 Å². The minimum atomic E-state index is -0.484. The smallest absolute Gasteiger partial charge is 0.410 e. The molecule has 1 aromatic rings. The van der Waals surface area contributed by atoms with Gasteiger partial charge in [0.2, 0.25) is 5.91 Å². The van der Waals surface area contributed by atoms with E-state index in [4.69, 9.17) is 16.3 Å². The van der Waals surface area contributed by atoms with Gasteiger partial charge < -0.3 is 15.0 Å². The van der Waals surface area contributed by atoms with E-state index in [0.29, 0.717) is 32.2 Å². The summed E-state index contributed by atoms with van der Waals surface area (Å²) >= 11 is 5.99. The SMILES string of the molecule is CC(C)(C)OC(=O)N1CCC(N2CC(=O)NCC2Cc2ccc(Cl)cc2)CC1. The Morgan fingerprint density at radius 3 is 2.46 bits per heavy atom. The predicted octanol–water partition coefficient (Wildman–Crippen LogP) is 3.08. The summed E-state index contributed by atoms with van der Waals surface area (Å²) in [6.07, 6.45) is 2.32. The van der Waals surface area contributed by atoms with Crippen molar-refractivity contribution in [3.8, 4) is 0 Å². The molecule has 3 rings (SSSR count). The Balaban J connectivity index is 1.61. The molecular weight excluding hydrogens is 378 g/mol. The van der Waals surface area contributed by atoms with Gasteiger partial charge in [-0.2, -0.15) is 0 Å². The molecule has 0 saturated carbocycles. The highest BCUT2D eigenvalue weighted by molar-refractivity contribution is 6.30. The van der Waals surface area contributed by atoms with Crippen LogP contribution < -0.4 is 5.32 Å². The van der Waals surface area contributed by atoms with Crippen LogP contribution in [-0.2, 0) is 16.0 Å². The monoisotopic (exact) mass is 407 g/mol. The molecule has 0 aromatic heterocycles. The number of halogens is 1. The lowest BCUT2D eigenvalue weighted by atomic mass is 9.96. The minimum Gasteiger partial charge on any atom is -0.444 e. The first-order valence-corrected chi connectivity index (χ1v) is 10.3. The molecular formula is C21H30ClN3O3. The molecule has 6 nitrogen and oxygen atoms in total. The Bertz CT molecular complexity index is 694. The molecule has 154 valence electrons. The number of benzene rings is 1. The van der Waals surface area contributed by atoms with Crippen LogP contribution in [0.3, 0.4) is 0 Å². The molecule has 2 amide bonds. The van der Waals surface area contributed by atoms with E-state index in [-0.39, 0.29) is 18.0 Å². The summed E-state index contributed by atoms with van der Waals surface area (Å²) < 4.78 is 5.48. The molecule has 0 aliphatic carbocycles. The molecule has 1 N–H and O–H groups in total. The summed E-state index contributed by atoms with van der Waals surface area (Å²) in [5.41, 5.74) is 0.726. The van der Waals surface area contributed by atoms with Crippen LogP contribution in [0.2, 0.25) is 5.02 Å². The van der Waals surface area contributed by atoms with Gasteiger partial charge in [-0.1, -0.05) is 23.7 Å². The lowest BCUT2D eigenvalue weighted by Gasteiger charge is -2.44. The Morgan fingerprint density at radius 2 is 1.86 bits per heavy atom. The van der Waals surface area contributed by atoms with E-state index in [1.807, 2.05) is 45.0 Å². The maximum absolute atomic E-state index is 12.3. The van der Waals surface area contributed by atoms with Crippen LogP contribution in [0.5, 0.6) is 0 Å². The van der Waals surface area contributed by atoms with Crippen molar-refractivity contribution in [2.75, 3.05) is 26.2 Å². The van der Waals surface area contributed by atoms with Gasteiger partial charge in [0.1, 0.15) is 5.60 Å². The van der Waals surface area contributed by atoms with Crippen molar-refractivity contribution in [2.24, 2.45) is 0 Å². The largest absolute Gasteiger partial charge is 0.444 e. The average Bonchev–Trinajstić information content (AvgIpc) is 2.64. The molecule has 1 atom stereocenters. The summed E-state index contributed by atoms with van der Waals surface area (Å²) in [6.45, 7) is 8.02. The Kier molecular flexibility index (Phi) is 6.50. The quantitative estimate of drug-likeness (QED) is 0.836. The van der Waals surface area contributed by atoms with Gasteiger partial charge in [0.15, 0.2) is 0 Å². The van der Waals surface area contributed by atoms with Crippen molar-refractivity contribution < 1.29 is 14.3 Å². The fourth-order valence-corrected chi connectivity index (χ4v) is 4.04. The molecule has 2 fully saturated rings. The van der Waals surface area contributed by atoms with Crippen molar-refractivity contribution in [1.29, 1.82) is 0 Å². The number of piperidine rings is 1. The summed E-state index contributed by atoms with van der Waals surface area (Å²) in [6, 6.07) is 8.44. The number of ether oxygens (including phenoxy) is 1. The first-order chi connectivity index (χ1) is 13.2. The summed E-state index contributed by atoms with van der Waals surface area (Å²) in [5, 5.41) is 3.72. The standard InChI is InChI=1S/C21H30ClN3O3/c1-21(2,3)28-20(27)24-10-8-17(9-11-24)25-14-19(26)23-13-18(25)12-15-4-6-16(22)7-5-15/h4-7,17-18H,8-14H2,1-3H3,(H,23,26). The molecule has 28 heavy (non-hydrogen) atoms. The van der Waals surface area contributed by atoms with E-state index in [9.17, 15) is 9.59 Å². The number of carbonyl (C=O) groups excluding carboxylic acids is 2. The second-order valence-corrected chi connectivity index (χ2v) is 9.10. The number of piperazine rings is 1. The summed E-state index contributed by atoms with van der Waals surface area (Å²) in [7, 11) is 0. The first-order valence-electron chi connectivity index (χ1n) is 9.96. The zero-order chi connectivity index (χ0) is 20.3. The van der Waals surface area contributed by atoms with Crippen molar-refractivity contribution in [2.45, 2.75) is 57.7 Å². The van der Waals surface area contributed by atoms with Crippen LogP contribution >= 0.6 is 11.6 Å². The molecule has 0 radical (unpaired) electrons. The van der Waals surface area contributed by atoms with Gasteiger partial charge in [0.25, 0.3) is 0 Å². The molecule has 2 heterocycles. The van der Waals surface area contributed by atoms with Crippen LogP contribution in [0.15, 0.2) is 24.3 Å². The van der Waals surface area contributed by atoms with Crippen molar-refractivity contribution in [1.82, 2.24) is 15.1 Å². The van der Waals surface area contributed by atoms with Gasteiger partial charge in [-0.25, -0.2) is 4.79 Å². The Labute approximate surface area is 172 Å². The van der Waals surface area contributed by atoms with Crippen molar-refractivity contribution in [3.05, 3.63) is 34.9 Å². The zero-order valence-corrected chi connectivity index (χ0v) is 17.7. The van der Waals surface area contributed by atoms with Gasteiger partial charge in [-0.05, 0) is 57.7 Å².